The van der Waals surface area contributed by atoms with Crippen molar-refractivity contribution in [3.63, 3.8) is 0 Å². The third-order valence-electron chi connectivity index (χ3n) is 4.62. The van der Waals surface area contributed by atoms with Gasteiger partial charge >= 0.3 is 5.97 Å². The van der Waals surface area contributed by atoms with Gasteiger partial charge in [0.1, 0.15) is 11.3 Å². The molecule has 7 heteroatoms. The summed E-state index contributed by atoms with van der Waals surface area (Å²) in [6.45, 7) is 5.16. The monoisotopic (exact) mass is 367 g/mol. The summed E-state index contributed by atoms with van der Waals surface area (Å²) in [6.07, 6.45) is 0. The van der Waals surface area contributed by atoms with E-state index in [0.717, 1.165) is 5.56 Å². The Morgan fingerprint density at radius 1 is 1.11 bits per heavy atom. The number of ether oxygens (including phenoxy) is 1. The van der Waals surface area contributed by atoms with Gasteiger partial charge < -0.3 is 9.15 Å². The summed E-state index contributed by atoms with van der Waals surface area (Å²) in [7, 11) is 1.25. The Balaban J connectivity index is 2.36. The molecule has 0 saturated heterocycles. The van der Waals surface area contributed by atoms with E-state index in [2.05, 4.69) is 0 Å². The lowest BCUT2D eigenvalue weighted by Gasteiger charge is -2.11. The van der Waals surface area contributed by atoms with Crippen LogP contribution in [0.3, 0.4) is 0 Å². The van der Waals surface area contributed by atoms with E-state index in [4.69, 9.17) is 9.15 Å². The number of benzene rings is 2. The number of nitrogens with zero attached hydrogens (tertiary/aromatic N) is 1. The van der Waals surface area contributed by atoms with Crippen molar-refractivity contribution in [1.82, 2.24) is 0 Å². The first-order chi connectivity index (χ1) is 12.7. The number of carbonyl (C=O) groups is 1. The minimum absolute atomic E-state index is 0.0801. The zero-order valence-corrected chi connectivity index (χ0v) is 15.3. The molecule has 0 bridgehead atoms. The number of hydrogen-bond acceptors (Lipinski definition) is 6. The van der Waals surface area contributed by atoms with Crippen molar-refractivity contribution in [1.29, 1.82) is 0 Å². The predicted octanol–water partition coefficient (Wildman–Crippen LogP) is 4.08. The van der Waals surface area contributed by atoms with Gasteiger partial charge in [-0.05, 0) is 38.0 Å². The average Bonchev–Trinajstić information content (AvgIpc) is 2.63. The second-order valence-electron chi connectivity index (χ2n) is 6.30. The molecule has 0 amide bonds. The van der Waals surface area contributed by atoms with E-state index in [0.29, 0.717) is 16.7 Å². The third kappa shape index (κ3) is 3.08. The smallest absolute Gasteiger partial charge is 0.341 e. The first-order valence-corrected chi connectivity index (χ1v) is 8.16. The van der Waals surface area contributed by atoms with Gasteiger partial charge in [-0.15, -0.1) is 0 Å². The standard InChI is InChI=1S/C20H17NO6/c1-10-5-6-13(8-15(10)21(24)25)17-9-16(22)14-7-11(2)12(3)18(19(14)27-17)20(23)26-4/h5-9H,1-4H3. The molecule has 0 saturated carbocycles. The van der Waals surface area contributed by atoms with Crippen LogP contribution in [-0.4, -0.2) is 18.0 Å². The maximum atomic E-state index is 12.6. The fourth-order valence-corrected chi connectivity index (χ4v) is 2.97. The number of esters is 1. The largest absolute Gasteiger partial charge is 0.465 e. The van der Waals surface area contributed by atoms with Gasteiger partial charge in [-0.1, -0.05) is 12.1 Å². The van der Waals surface area contributed by atoms with Crippen LogP contribution in [0.25, 0.3) is 22.3 Å². The summed E-state index contributed by atoms with van der Waals surface area (Å²) in [4.78, 5) is 35.6. The minimum atomic E-state index is -0.614. The average molecular weight is 367 g/mol. The Morgan fingerprint density at radius 3 is 2.44 bits per heavy atom. The van der Waals surface area contributed by atoms with Crippen LogP contribution in [0.5, 0.6) is 0 Å². The number of aryl methyl sites for hydroxylation is 2. The van der Waals surface area contributed by atoms with Gasteiger partial charge in [0.25, 0.3) is 5.69 Å². The van der Waals surface area contributed by atoms with Crippen molar-refractivity contribution in [3.05, 3.63) is 72.9 Å². The molecule has 3 aromatic rings. The Kier molecular flexibility index (Phi) is 4.53. The van der Waals surface area contributed by atoms with Gasteiger partial charge in [-0.25, -0.2) is 4.79 Å². The fraction of sp³-hybridized carbons (Fsp3) is 0.200. The molecule has 0 spiro atoms. The van der Waals surface area contributed by atoms with Crippen LogP contribution >= 0.6 is 0 Å². The molecule has 0 aliphatic heterocycles. The molecule has 0 atom stereocenters. The highest BCUT2D eigenvalue weighted by Crippen LogP contribution is 2.31. The number of nitro benzene ring substituents is 1. The van der Waals surface area contributed by atoms with Crippen LogP contribution in [-0.2, 0) is 4.74 Å². The van der Waals surface area contributed by atoms with Gasteiger partial charge in [-0.2, -0.15) is 0 Å². The molecule has 0 N–H and O–H groups in total. The fourth-order valence-electron chi connectivity index (χ4n) is 2.97. The second-order valence-corrected chi connectivity index (χ2v) is 6.30. The molecule has 1 aromatic heterocycles. The zero-order valence-electron chi connectivity index (χ0n) is 15.3. The lowest BCUT2D eigenvalue weighted by molar-refractivity contribution is -0.385. The highest BCUT2D eigenvalue weighted by atomic mass is 16.6. The van der Waals surface area contributed by atoms with E-state index in [-0.39, 0.29) is 33.4 Å². The quantitative estimate of drug-likeness (QED) is 0.393. The number of rotatable bonds is 3. The number of methoxy groups -OCH3 is 1. The molecule has 3 rings (SSSR count). The lowest BCUT2D eigenvalue weighted by Crippen LogP contribution is -2.10. The van der Waals surface area contributed by atoms with Crippen LogP contribution in [0.1, 0.15) is 27.0 Å². The number of hydrogen-bond donors (Lipinski definition) is 0. The molecular formula is C20H17NO6. The predicted molar refractivity (Wildman–Crippen MR) is 100 cm³/mol. The van der Waals surface area contributed by atoms with Crippen LogP contribution in [0.15, 0.2) is 39.5 Å². The van der Waals surface area contributed by atoms with Crippen molar-refractivity contribution in [2.24, 2.45) is 0 Å². The summed E-state index contributed by atoms with van der Waals surface area (Å²) in [5, 5.41) is 11.5. The first-order valence-electron chi connectivity index (χ1n) is 8.16. The zero-order chi connectivity index (χ0) is 19.9. The van der Waals surface area contributed by atoms with Crippen LogP contribution in [0.4, 0.5) is 5.69 Å². The molecule has 0 radical (unpaired) electrons. The minimum Gasteiger partial charge on any atom is -0.465 e. The van der Waals surface area contributed by atoms with Crippen LogP contribution in [0.2, 0.25) is 0 Å². The second kappa shape index (κ2) is 6.68. The SMILES string of the molecule is COC(=O)c1c(C)c(C)cc2c(=O)cc(-c3ccc(C)c([N+](=O)[O-])c3)oc12. The normalized spacial score (nSPS) is 10.8. The molecule has 1 heterocycles. The molecule has 7 nitrogen and oxygen atoms in total. The molecule has 27 heavy (non-hydrogen) atoms. The van der Waals surface area contributed by atoms with E-state index < -0.39 is 10.9 Å². The lowest BCUT2D eigenvalue weighted by atomic mass is 9.99. The Hall–Kier alpha value is -3.48. The van der Waals surface area contributed by atoms with Crippen molar-refractivity contribution < 1.29 is 18.9 Å². The topological polar surface area (TPSA) is 99.7 Å². The Bertz CT molecular complexity index is 1160. The number of fused-ring (bicyclic) bond motifs is 1. The van der Waals surface area contributed by atoms with E-state index >= 15 is 0 Å². The summed E-state index contributed by atoms with van der Waals surface area (Å²) < 4.78 is 10.7. The summed E-state index contributed by atoms with van der Waals surface area (Å²) >= 11 is 0. The van der Waals surface area contributed by atoms with Gasteiger partial charge in [0.2, 0.25) is 0 Å². The maximum Gasteiger partial charge on any atom is 0.341 e. The van der Waals surface area contributed by atoms with Crippen molar-refractivity contribution in [2.45, 2.75) is 20.8 Å². The third-order valence-corrected chi connectivity index (χ3v) is 4.62. The molecule has 2 aromatic carbocycles. The van der Waals surface area contributed by atoms with Crippen LogP contribution in [0, 0.1) is 30.9 Å². The van der Waals surface area contributed by atoms with Gasteiger partial charge in [-0.3, -0.25) is 14.9 Å². The van der Waals surface area contributed by atoms with Crippen LogP contribution < -0.4 is 5.43 Å². The molecular weight excluding hydrogens is 350 g/mol. The van der Waals surface area contributed by atoms with Gasteiger partial charge in [0.05, 0.1) is 17.4 Å². The van der Waals surface area contributed by atoms with E-state index in [1.807, 2.05) is 0 Å². The van der Waals surface area contributed by atoms with Gasteiger partial charge in [0, 0.05) is 23.3 Å². The van der Waals surface area contributed by atoms with Crippen molar-refractivity contribution in [2.75, 3.05) is 7.11 Å². The van der Waals surface area contributed by atoms with E-state index in [1.165, 1.54) is 19.2 Å². The van der Waals surface area contributed by atoms with E-state index in [9.17, 15) is 19.7 Å². The highest BCUT2D eigenvalue weighted by molar-refractivity contribution is 6.04. The Morgan fingerprint density at radius 2 is 1.81 bits per heavy atom. The van der Waals surface area contributed by atoms with E-state index in [1.54, 1.807) is 39.0 Å². The Labute approximate surface area is 154 Å². The van der Waals surface area contributed by atoms with Crippen molar-refractivity contribution >= 4 is 22.6 Å². The highest BCUT2D eigenvalue weighted by Gasteiger charge is 2.21. The molecule has 0 aliphatic rings. The maximum absolute atomic E-state index is 12.6. The molecule has 0 unspecified atom stereocenters. The number of carbonyl (C=O) groups excluding carboxylic acids is 1. The summed E-state index contributed by atoms with van der Waals surface area (Å²) in [5.41, 5.74) is 2.13. The molecule has 0 fully saturated rings. The molecule has 0 aliphatic carbocycles. The van der Waals surface area contributed by atoms with Gasteiger partial charge in [0.15, 0.2) is 11.0 Å². The summed E-state index contributed by atoms with van der Waals surface area (Å²) in [5.74, 6) is -0.472. The first kappa shape index (κ1) is 18.3. The van der Waals surface area contributed by atoms with Crippen molar-refractivity contribution in [3.8, 4) is 11.3 Å². The molecule has 138 valence electrons. The summed E-state index contributed by atoms with van der Waals surface area (Å²) in [6, 6.07) is 7.49. The number of nitro groups is 1.